The first kappa shape index (κ1) is 8.78. The second-order valence-electron chi connectivity index (χ2n) is 2.31. The van der Waals surface area contributed by atoms with Crippen LogP contribution in [0.4, 0.5) is 0 Å². The summed E-state index contributed by atoms with van der Waals surface area (Å²) in [5, 5.41) is 9.26. The van der Waals surface area contributed by atoms with Gasteiger partial charge in [0.25, 0.3) is 0 Å². The lowest BCUT2D eigenvalue weighted by Crippen LogP contribution is -2.14. The predicted molar refractivity (Wildman–Crippen MR) is 44.1 cm³/mol. The van der Waals surface area contributed by atoms with Gasteiger partial charge in [0.05, 0.1) is 6.61 Å². The quantitative estimate of drug-likeness (QED) is 0.611. The molecule has 0 aromatic carbocycles. The van der Waals surface area contributed by atoms with Crippen LogP contribution >= 0.6 is 0 Å². The Kier molecular flexibility index (Phi) is 2.86. The van der Waals surface area contributed by atoms with Crippen molar-refractivity contribution in [3.8, 4) is 0 Å². The second kappa shape index (κ2) is 3.90. The number of carbonyl (C=O) groups excluding carboxylic acids is 1. The molecule has 3 nitrogen and oxygen atoms in total. The number of aliphatic hydroxyl groups is 1. The molecule has 0 bridgehead atoms. The first-order valence-electron chi connectivity index (χ1n) is 3.74. The number of aliphatic hydroxyl groups excluding tert-OH is 1. The van der Waals surface area contributed by atoms with Crippen LogP contribution in [0.1, 0.15) is 6.92 Å². The Bertz CT molecular complexity index is 269. The molecule has 0 amide bonds. The summed E-state index contributed by atoms with van der Waals surface area (Å²) in [6.07, 6.45) is 3.91. The molecule has 1 rings (SSSR count). The summed E-state index contributed by atoms with van der Waals surface area (Å²) in [6, 6.07) is 0. The van der Waals surface area contributed by atoms with E-state index in [-0.39, 0.29) is 5.57 Å². The number of allylic oxidation sites excluding steroid dienone is 2. The molecule has 12 heavy (non-hydrogen) atoms. The van der Waals surface area contributed by atoms with Crippen molar-refractivity contribution in [2.45, 2.75) is 13.0 Å². The summed E-state index contributed by atoms with van der Waals surface area (Å²) in [5.41, 5.74) is 0.166. The van der Waals surface area contributed by atoms with Gasteiger partial charge in [-0.15, -0.1) is 0 Å². The third-order valence-corrected chi connectivity index (χ3v) is 1.51. The summed E-state index contributed by atoms with van der Waals surface area (Å²) in [5.74, 6) is 2.07. The minimum absolute atomic E-state index is 0.166. The summed E-state index contributed by atoms with van der Waals surface area (Å²) in [6.45, 7) is 2.28. The molecular formula is C9H10O3. The maximum atomic E-state index is 10.4. The zero-order valence-electron chi connectivity index (χ0n) is 6.78. The highest BCUT2D eigenvalue weighted by molar-refractivity contribution is 5.63. The minimum Gasteiger partial charge on any atom is -0.493 e. The Morgan fingerprint density at radius 2 is 2.50 bits per heavy atom. The molecule has 0 aliphatic heterocycles. The van der Waals surface area contributed by atoms with Crippen LogP contribution in [0.25, 0.3) is 0 Å². The normalized spacial score (nSPS) is 21.7. The van der Waals surface area contributed by atoms with Crippen LogP contribution in [0.2, 0.25) is 0 Å². The highest BCUT2D eigenvalue weighted by Crippen LogP contribution is 2.18. The zero-order valence-corrected chi connectivity index (χ0v) is 6.78. The van der Waals surface area contributed by atoms with Gasteiger partial charge in [-0.05, 0) is 13.0 Å². The van der Waals surface area contributed by atoms with Gasteiger partial charge in [-0.1, -0.05) is 12.2 Å². The smallest absolute Gasteiger partial charge is 0.136 e. The van der Waals surface area contributed by atoms with Gasteiger partial charge in [-0.2, -0.15) is 0 Å². The predicted octanol–water partition coefficient (Wildman–Crippen LogP) is 0.595. The fraction of sp³-hybridized carbons (Fsp3) is 0.333. The molecule has 1 unspecified atom stereocenters. The van der Waals surface area contributed by atoms with E-state index < -0.39 is 6.10 Å². The van der Waals surface area contributed by atoms with Crippen LogP contribution < -0.4 is 0 Å². The van der Waals surface area contributed by atoms with Crippen molar-refractivity contribution in [3.63, 3.8) is 0 Å². The average Bonchev–Trinajstić information content (AvgIpc) is 2.05. The average molecular weight is 166 g/mol. The topological polar surface area (TPSA) is 46.5 Å². The van der Waals surface area contributed by atoms with Crippen LogP contribution in [0.5, 0.6) is 0 Å². The standard InChI is InChI=1S/C9H10O3/c1-2-12-9-5-3-4-8(11)7(9)6-10/h3-5,8,11H,2H2,1H3. The maximum Gasteiger partial charge on any atom is 0.136 e. The van der Waals surface area contributed by atoms with Gasteiger partial charge < -0.3 is 9.84 Å². The van der Waals surface area contributed by atoms with E-state index in [1.165, 1.54) is 6.08 Å². The lowest BCUT2D eigenvalue weighted by molar-refractivity contribution is 0.204. The molecule has 64 valence electrons. The van der Waals surface area contributed by atoms with E-state index in [1.807, 2.05) is 6.92 Å². The molecule has 0 saturated carbocycles. The van der Waals surface area contributed by atoms with E-state index in [0.717, 1.165) is 0 Å². The number of hydrogen-bond donors (Lipinski definition) is 1. The molecule has 3 heteroatoms. The molecule has 0 fully saturated rings. The Morgan fingerprint density at radius 1 is 1.75 bits per heavy atom. The third kappa shape index (κ3) is 1.64. The lowest BCUT2D eigenvalue weighted by Gasteiger charge is -2.14. The van der Waals surface area contributed by atoms with E-state index in [1.54, 1.807) is 18.1 Å². The van der Waals surface area contributed by atoms with Gasteiger partial charge in [-0.3, -0.25) is 0 Å². The monoisotopic (exact) mass is 166 g/mol. The minimum atomic E-state index is -0.881. The van der Waals surface area contributed by atoms with Crippen LogP contribution in [0, 0.1) is 0 Å². The molecule has 0 radical (unpaired) electrons. The molecular weight excluding hydrogens is 156 g/mol. The first-order valence-corrected chi connectivity index (χ1v) is 3.74. The van der Waals surface area contributed by atoms with E-state index in [4.69, 9.17) is 4.74 Å². The highest BCUT2D eigenvalue weighted by atomic mass is 16.5. The molecule has 1 atom stereocenters. The van der Waals surface area contributed by atoms with Crippen molar-refractivity contribution in [3.05, 3.63) is 29.6 Å². The molecule has 0 aromatic heterocycles. The number of rotatable bonds is 2. The lowest BCUT2D eigenvalue weighted by atomic mass is 10.0. The fourth-order valence-corrected chi connectivity index (χ4v) is 0.972. The summed E-state index contributed by atoms with van der Waals surface area (Å²) < 4.78 is 5.11. The Morgan fingerprint density at radius 3 is 3.08 bits per heavy atom. The van der Waals surface area contributed by atoms with Crippen molar-refractivity contribution in [2.75, 3.05) is 6.61 Å². The van der Waals surface area contributed by atoms with E-state index >= 15 is 0 Å². The van der Waals surface area contributed by atoms with Gasteiger partial charge in [-0.25, -0.2) is 4.79 Å². The van der Waals surface area contributed by atoms with E-state index in [9.17, 15) is 9.90 Å². The van der Waals surface area contributed by atoms with Crippen molar-refractivity contribution in [1.29, 1.82) is 0 Å². The van der Waals surface area contributed by atoms with E-state index in [2.05, 4.69) is 0 Å². The van der Waals surface area contributed by atoms with Gasteiger partial charge in [0.2, 0.25) is 0 Å². The number of ether oxygens (including phenoxy) is 1. The molecule has 0 aromatic rings. The first-order chi connectivity index (χ1) is 5.79. The van der Waals surface area contributed by atoms with Crippen LogP contribution in [-0.2, 0) is 9.53 Å². The van der Waals surface area contributed by atoms with Gasteiger partial charge >= 0.3 is 0 Å². The molecule has 0 saturated heterocycles. The third-order valence-electron chi connectivity index (χ3n) is 1.51. The van der Waals surface area contributed by atoms with Gasteiger partial charge in [0, 0.05) is 0 Å². The van der Waals surface area contributed by atoms with E-state index in [0.29, 0.717) is 12.4 Å². The largest absolute Gasteiger partial charge is 0.493 e. The maximum absolute atomic E-state index is 10.4. The van der Waals surface area contributed by atoms with Gasteiger partial charge in [0.1, 0.15) is 23.4 Å². The molecule has 1 aliphatic carbocycles. The summed E-state index contributed by atoms with van der Waals surface area (Å²) >= 11 is 0. The van der Waals surface area contributed by atoms with Crippen molar-refractivity contribution < 1.29 is 14.6 Å². The van der Waals surface area contributed by atoms with Gasteiger partial charge in [0.15, 0.2) is 0 Å². The zero-order chi connectivity index (χ0) is 8.97. The number of hydrogen-bond acceptors (Lipinski definition) is 3. The fourth-order valence-electron chi connectivity index (χ4n) is 0.972. The Labute approximate surface area is 70.7 Å². The van der Waals surface area contributed by atoms with Crippen molar-refractivity contribution in [1.82, 2.24) is 0 Å². The van der Waals surface area contributed by atoms with Crippen molar-refractivity contribution in [2.24, 2.45) is 0 Å². The van der Waals surface area contributed by atoms with Crippen LogP contribution in [0.3, 0.4) is 0 Å². The molecule has 0 heterocycles. The SMILES string of the molecule is CCOC1=CC=CC(O)C1=C=O. The molecule has 0 spiro atoms. The summed E-state index contributed by atoms with van der Waals surface area (Å²) in [4.78, 5) is 10.4. The summed E-state index contributed by atoms with van der Waals surface area (Å²) in [7, 11) is 0. The van der Waals surface area contributed by atoms with Crippen molar-refractivity contribution >= 4 is 5.94 Å². The highest BCUT2D eigenvalue weighted by Gasteiger charge is 2.17. The molecule has 1 N–H and O–H groups in total. The second-order valence-corrected chi connectivity index (χ2v) is 2.31. The van der Waals surface area contributed by atoms with Crippen LogP contribution in [0.15, 0.2) is 29.6 Å². The Hall–Kier alpha value is -1.31. The van der Waals surface area contributed by atoms with Crippen LogP contribution in [-0.4, -0.2) is 23.8 Å². The Balaban J connectivity index is 2.89. The molecule has 1 aliphatic rings.